The predicted molar refractivity (Wildman–Crippen MR) is 124 cm³/mol. The zero-order chi connectivity index (χ0) is 23.5. The molecule has 3 saturated carbocycles. The summed E-state index contributed by atoms with van der Waals surface area (Å²) in [5, 5.41) is 19.8. The number of fused-ring (bicyclic) bond motifs is 1. The van der Waals surface area contributed by atoms with Crippen LogP contribution in [-0.2, 0) is 0 Å². The zero-order valence-electron chi connectivity index (χ0n) is 21.6. The van der Waals surface area contributed by atoms with Gasteiger partial charge in [0.05, 0.1) is 17.8 Å². The summed E-state index contributed by atoms with van der Waals surface area (Å²) in [6, 6.07) is 0. The molecule has 3 rings (SSSR count). The fourth-order valence-electron chi connectivity index (χ4n) is 6.57. The van der Waals surface area contributed by atoms with E-state index in [1.807, 2.05) is 13.8 Å². The molecule has 0 radical (unpaired) electrons. The molecule has 1 unspecified atom stereocenters. The van der Waals surface area contributed by atoms with Gasteiger partial charge in [0.1, 0.15) is 0 Å². The molecule has 3 nitrogen and oxygen atoms in total. The van der Waals surface area contributed by atoms with Gasteiger partial charge in [-0.3, -0.25) is 0 Å². The van der Waals surface area contributed by atoms with Crippen molar-refractivity contribution in [2.24, 2.45) is 23.2 Å². The second kappa shape index (κ2) is 9.30. The highest BCUT2D eigenvalue weighted by atomic mass is 16.3. The highest BCUT2D eigenvalue weighted by Gasteiger charge is 2.50. The summed E-state index contributed by atoms with van der Waals surface area (Å²) in [6.07, 6.45) is 14.4. The van der Waals surface area contributed by atoms with Gasteiger partial charge < -0.3 is 15.3 Å². The Morgan fingerprint density at radius 1 is 1.23 bits per heavy atom. The highest BCUT2D eigenvalue weighted by molar-refractivity contribution is 5.36. The molecule has 3 fully saturated rings. The molecule has 0 aromatic heterocycles. The van der Waals surface area contributed by atoms with E-state index in [-0.39, 0.29) is 12.2 Å². The Balaban J connectivity index is 1.69. The lowest BCUT2D eigenvalue weighted by Gasteiger charge is -2.44. The molecule has 3 heteroatoms. The standard InChI is InChI=1S/C27H44O3/c1-18-8-12-22(28)17-21(18)11-10-20-7-6-16-27(5)23(13-14-24(20)27)19(2)9-15-25(29)26(3,4)30/h10-11,19,22-25,28-30H,1,6-9,12-17H2,2-5H3/b20-10+,21-11-/t19-,22+,23-,24+,25?,27-/m1/s1/i29D,30D. The molecule has 0 bridgehead atoms. The van der Waals surface area contributed by atoms with E-state index in [0.717, 1.165) is 32.1 Å². The van der Waals surface area contributed by atoms with Gasteiger partial charge >= 0.3 is 0 Å². The zero-order valence-corrected chi connectivity index (χ0v) is 19.6. The number of hydrogen-bond donors (Lipinski definition) is 3. The Hall–Kier alpha value is -0.900. The molecule has 30 heavy (non-hydrogen) atoms. The van der Waals surface area contributed by atoms with Crippen molar-refractivity contribution in [3.63, 3.8) is 0 Å². The monoisotopic (exact) mass is 418 g/mol. The molecule has 0 amide bonds. The van der Waals surface area contributed by atoms with Crippen LogP contribution in [0, 0.1) is 23.2 Å². The lowest BCUT2D eigenvalue weighted by molar-refractivity contribution is -0.0554. The molecule has 0 aliphatic heterocycles. The van der Waals surface area contributed by atoms with Crippen molar-refractivity contribution in [2.75, 3.05) is 0 Å². The van der Waals surface area contributed by atoms with Crippen molar-refractivity contribution in [1.29, 1.82) is 2.86 Å². The maximum Gasteiger partial charge on any atom is 0.211 e. The van der Waals surface area contributed by atoms with Crippen LogP contribution in [0.15, 0.2) is 35.5 Å². The van der Waals surface area contributed by atoms with Gasteiger partial charge in [-0.1, -0.05) is 43.7 Å². The summed E-state index contributed by atoms with van der Waals surface area (Å²) in [7, 11) is 0. The van der Waals surface area contributed by atoms with Crippen molar-refractivity contribution in [3.05, 3.63) is 35.5 Å². The fraction of sp³-hybridized carbons (Fsp3) is 0.778. The third-order valence-corrected chi connectivity index (χ3v) is 8.57. The van der Waals surface area contributed by atoms with Gasteiger partial charge in [0.2, 0.25) is 2.86 Å². The second-order valence-corrected chi connectivity index (χ2v) is 11.2. The highest BCUT2D eigenvalue weighted by Crippen LogP contribution is 2.60. The van der Waals surface area contributed by atoms with E-state index in [1.165, 1.54) is 43.3 Å². The van der Waals surface area contributed by atoms with Crippen LogP contribution < -0.4 is 0 Å². The molecule has 3 aliphatic rings. The molecule has 6 atom stereocenters. The normalized spacial score (nSPS) is 38.3. The van der Waals surface area contributed by atoms with Gasteiger partial charge in [0.25, 0.3) is 0 Å². The number of rotatable bonds is 8. The van der Waals surface area contributed by atoms with Crippen LogP contribution in [0.1, 0.15) is 91.9 Å². The Bertz CT molecular complexity index is 728. The molecule has 0 aromatic rings. The molecule has 0 heterocycles. The maximum atomic E-state index is 10.1. The Morgan fingerprint density at radius 3 is 2.77 bits per heavy atom. The third kappa shape index (κ3) is 5.11. The Kier molecular flexibility index (Phi) is 6.50. The van der Waals surface area contributed by atoms with Crippen LogP contribution >= 0.6 is 0 Å². The third-order valence-electron chi connectivity index (χ3n) is 8.57. The number of aliphatic hydroxyl groups excluding tert-OH is 2. The second-order valence-electron chi connectivity index (χ2n) is 11.2. The first kappa shape index (κ1) is 21.0. The number of hydrogen-bond acceptors (Lipinski definition) is 3. The summed E-state index contributed by atoms with van der Waals surface area (Å²) >= 11 is 0. The minimum atomic E-state index is -0.769. The van der Waals surface area contributed by atoms with E-state index in [4.69, 9.17) is 13.1 Å². The van der Waals surface area contributed by atoms with Crippen LogP contribution in [0.2, 0.25) is 0 Å². The molecule has 3 N–H and O–H groups in total. The molecule has 0 saturated heterocycles. The van der Waals surface area contributed by atoms with Crippen molar-refractivity contribution >= 4 is 0 Å². The van der Waals surface area contributed by atoms with Gasteiger partial charge in [-0.15, -0.1) is 0 Å². The van der Waals surface area contributed by atoms with Crippen LogP contribution in [0.5, 0.6) is 0 Å². The molecule has 0 aromatic carbocycles. The van der Waals surface area contributed by atoms with E-state index in [9.17, 15) is 5.11 Å². The molecule has 3 aliphatic carbocycles. The van der Waals surface area contributed by atoms with Crippen LogP contribution in [-0.4, -0.2) is 36.0 Å². The van der Waals surface area contributed by atoms with Gasteiger partial charge in [0.15, 0.2) is 0 Å². The largest absolute Gasteiger partial charge is 0.393 e. The van der Waals surface area contributed by atoms with Gasteiger partial charge in [-0.2, -0.15) is 0 Å². The van der Waals surface area contributed by atoms with Gasteiger partial charge in [0, 0.05) is 0 Å². The Morgan fingerprint density at radius 2 is 2.03 bits per heavy atom. The average Bonchev–Trinajstić information content (AvgIpc) is 3.12. The minimum Gasteiger partial charge on any atom is -0.393 e. The lowest BCUT2D eigenvalue weighted by Crippen LogP contribution is -2.38. The van der Waals surface area contributed by atoms with Gasteiger partial charge in [-0.05, 0) is 107 Å². The summed E-state index contributed by atoms with van der Waals surface area (Å²) < 4.78 is 14.8. The van der Waals surface area contributed by atoms with Crippen molar-refractivity contribution in [3.8, 4) is 0 Å². The fourth-order valence-corrected chi connectivity index (χ4v) is 6.57. The summed E-state index contributed by atoms with van der Waals surface area (Å²) in [5.74, 6) is 1.86. The summed E-state index contributed by atoms with van der Waals surface area (Å²) in [6.45, 7) is 12.7. The number of aliphatic hydroxyl groups is 3. The molecular weight excluding hydrogens is 372 g/mol. The quantitative estimate of drug-likeness (QED) is 0.473. The first-order valence-electron chi connectivity index (χ1n) is 13.0. The van der Waals surface area contributed by atoms with E-state index in [1.54, 1.807) is 5.57 Å². The van der Waals surface area contributed by atoms with E-state index >= 15 is 0 Å². The Labute approximate surface area is 187 Å². The number of allylic oxidation sites excluding steroid dienone is 4. The lowest BCUT2D eigenvalue weighted by atomic mass is 9.60. The minimum absolute atomic E-state index is 0.222. The predicted octanol–water partition coefficient (Wildman–Crippen LogP) is 5.70. The summed E-state index contributed by atoms with van der Waals surface area (Å²) in [4.78, 5) is 0. The van der Waals surface area contributed by atoms with Gasteiger partial charge in [-0.25, -0.2) is 0 Å². The van der Waals surface area contributed by atoms with E-state index in [0.29, 0.717) is 23.2 Å². The first-order valence-corrected chi connectivity index (χ1v) is 12.1. The van der Waals surface area contributed by atoms with E-state index in [2.05, 4.69) is 32.6 Å². The maximum absolute atomic E-state index is 10.1. The topological polar surface area (TPSA) is 60.7 Å². The average molecular weight is 419 g/mol. The molecular formula is C27H44O3. The van der Waals surface area contributed by atoms with Crippen molar-refractivity contribution < 1.29 is 15.3 Å². The van der Waals surface area contributed by atoms with Crippen LogP contribution in [0.25, 0.3) is 0 Å². The van der Waals surface area contributed by atoms with E-state index < -0.39 is 5.60 Å². The molecule has 0 spiro atoms. The van der Waals surface area contributed by atoms with Crippen molar-refractivity contribution in [1.82, 2.24) is 0 Å². The SMILES string of the molecule is [2H]OC(CC[C@@H](C)[C@H]1CC[C@H]2/C(=C/C=C3/C[C@@H](O)CCC3=C)CCC[C@]12C)C(C)(C)O[2H]. The first-order chi connectivity index (χ1) is 15.1. The molecule has 170 valence electrons. The summed E-state index contributed by atoms with van der Waals surface area (Å²) in [5.41, 5.74) is 3.56. The van der Waals surface area contributed by atoms with Crippen molar-refractivity contribution in [2.45, 2.75) is 110 Å². The smallest absolute Gasteiger partial charge is 0.211 e. The van der Waals surface area contributed by atoms with Crippen LogP contribution in [0.3, 0.4) is 0 Å². The van der Waals surface area contributed by atoms with Crippen LogP contribution in [0.4, 0.5) is 0 Å².